The lowest BCUT2D eigenvalue weighted by molar-refractivity contribution is -0.126. The Balaban J connectivity index is 2.13. The lowest BCUT2D eigenvalue weighted by atomic mass is 10.1. The third kappa shape index (κ3) is 3.30. The average molecular weight is 265 g/mol. The number of carbonyl (C=O) groups is 1. The van der Waals surface area contributed by atoms with Crippen LogP contribution in [0.5, 0.6) is 0 Å². The fourth-order valence-corrected chi connectivity index (χ4v) is 2.42. The maximum absolute atomic E-state index is 13.1. The van der Waals surface area contributed by atoms with Crippen LogP contribution >= 0.6 is 0 Å². The van der Waals surface area contributed by atoms with Crippen LogP contribution in [0, 0.1) is 12.7 Å². The van der Waals surface area contributed by atoms with E-state index in [1.165, 1.54) is 12.1 Å². The van der Waals surface area contributed by atoms with E-state index in [2.05, 4.69) is 15.5 Å². The Hall–Kier alpha value is -1.46. The number of hydrogen-bond donors (Lipinski definition) is 2. The van der Waals surface area contributed by atoms with Crippen molar-refractivity contribution in [3.8, 4) is 0 Å². The minimum absolute atomic E-state index is 0.0203. The molecular formula is C14H20FN3O. The molecule has 19 heavy (non-hydrogen) atoms. The van der Waals surface area contributed by atoms with Gasteiger partial charge in [-0.15, -0.1) is 0 Å². The highest BCUT2D eigenvalue weighted by atomic mass is 19.1. The first-order valence-corrected chi connectivity index (χ1v) is 6.53. The zero-order chi connectivity index (χ0) is 13.8. The molecule has 0 aromatic heterocycles. The van der Waals surface area contributed by atoms with Crippen LogP contribution in [-0.4, -0.2) is 43.5 Å². The summed E-state index contributed by atoms with van der Waals surface area (Å²) in [6.07, 6.45) is 0. The highest BCUT2D eigenvalue weighted by Crippen LogP contribution is 2.15. The summed E-state index contributed by atoms with van der Waals surface area (Å²) in [6.45, 7) is 4.91. The lowest BCUT2D eigenvalue weighted by Crippen LogP contribution is -2.56. The second-order valence-electron chi connectivity index (χ2n) is 4.88. The van der Waals surface area contributed by atoms with Crippen LogP contribution in [0.25, 0.3) is 0 Å². The van der Waals surface area contributed by atoms with Gasteiger partial charge in [-0.3, -0.25) is 9.69 Å². The van der Waals surface area contributed by atoms with Gasteiger partial charge < -0.3 is 10.6 Å². The number of likely N-dealkylation sites (N-methyl/N-ethyl adjacent to an activating group) is 1. The molecule has 1 atom stereocenters. The van der Waals surface area contributed by atoms with Gasteiger partial charge in [0.25, 0.3) is 0 Å². The Bertz CT molecular complexity index is 464. The van der Waals surface area contributed by atoms with Gasteiger partial charge in [-0.2, -0.15) is 0 Å². The molecule has 2 rings (SSSR count). The standard InChI is InChI=1S/C14H20FN3O/c1-10-7-12(15)4-3-11(10)9-18-6-5-17-8-13(18)14(19)16-2/h3-4,7,13,17H,5-6,8-9H2,1-2H3,(H,16,19). The van der Waals surface area contributed by atoms with Crippen LogP contribution < -0.4 is 10.6 Å². The molecule has 0 radical (unpaired) electrons. The normalized spacial score (nSPS) is 20.3. The Labute approximate surface area is 113 Å². The predicted octanol–water partition coefficient (Wildman–Crippen LogP) is 0.654. The van der Waals surface area contributed by atoms with Crippen molar-refractivity contribution in [2.45, 2.75) is 19.5 Å². The van der Waals surface area contributed by atoms with Crippen molar-refractivity contribution in [3.05, 3.63) is 35.1 Å². The quantitative estimate of drug-likeness (QED) is 0.843. The molecule has 1 aliphatic rings. The zero-order valence-corrected chi connectivity index (χ0v) is 11.4. The first-order chi connectivity index (χ1) is 9.11. The molecule has 1 unspecified atom stereocenters. The van der Waals surface area contributed by atoms with Crippen molar-refractivity contribution in [2.24, 2.45) is 0 Å². The molecule has 0 aliphatic carbocycles. The van der Waals surface area contributed by atoms with E-state index in [1.54, 1.807) is 13.1 Å². The van der Waals surface area contributed by atoms with E-state index in [1.807, 2.05) is 6.92 Å². The lowest BCUT2D eigenvalue weighted by Gasteiger charge is -2.35. The van der Waals surface area contributed by atoms with E-state index in [9.17, 15) is 9.18 Å². The minimum atomic E-state index is -0.218. The van der Waals surface area contributed by atoms with E-state index >= 15 is 0 Å². The number of halogens is 1. The van der Waals surface area contributed by atoms with Crippen molar-refractivity contribution in [2.75, 3.05) is 26.7 Å². The van der Waals surface area contributed by atoms with Gasteiger partial charge in [0.15, 0.2) is 0 Å². The summed E-state index contributed by atoms with van der Waals surface area (Å²) in [4.78, 5) is 14.0. The molecule has 5 heteroatoms. The second kappa shape index (κ2) is 6.12. The number of nitrogens with one attached hydrogen (secondary N) is 2. The number of hydrogen-bond acceptors (Lipinski definition) is 3. The summed E-state index contributed by atoms with van der Waals surface area (Å²) in [6, 6.07) is 4.64. The van der Waals surface area contributed by atoms with Crippen LogP contribution in [0.2, 0.25) is 0 Å². The first kappa shape index (κ1) is 14.0. The van der Waals surface area contributed by atoms with Crippen molar-refractivity contribution >= 4 is 5.91 Å². The van der Waals surface area contributed by atoms with Gasteiger partial charge in [-0.05, 0) is 30.2 Å². The van der Waals surface area contributed by atoms with E-state index < -0.39 is 0 Å². The van der Waals surface area contributed by atoms with Gasteiger partial charge in [0, 0.05) is 33.2 Å². The van der Waals surface area contributed by atoms with Gasteiger partial charge in [0.05, 0.1) is 0 Å². The van der Waals surface area contributed by atoms with E-state index in [-0.39, 0.29) is 17.8 Å². The number of aryl methyl sites for hydroxylation is 1. The molecule has 1 amide bonds. The molecule has 0 saturated carbocycles. The summed E-state index contributed by atoms with van der Waals surface area (Å²) >= 11 is 0. The Morgan fingerprint density at radius 1 is 1.58 bits per heavy atom. The highest BCUT2D eigenvalue weighted by Gasteiger charge is 2.27. The smallest absolute Gasteiger partial charge is 0.238 e. The monoisotopic (exact) mass is 265 g/mol. The van der Waals surface area contributed by atoms with Crippen LogP contribution in [-0.2, 0) is 11.3 Å². The van der Waals surface area contributed by atoms with Crippen molar-refractivity contribution in [3.63, 3.8) is 0 Å². The number of piperazine rings is 1. The molecule has 2 N–H and O–H groups in total. The number of rotatable bonds is 3. The second-order valence-corrected chi connectivity index (χ2v) is 4.88. The molecule has 104 valence electrons. The summed E-state index contributed by atoms with van der Waals surface area (Å²) < 4.78 is 13.1. The molecular weight excluding hydrogens is 245 g/mol. The van der Waals surface area contributed by atoms with Gasteiger partial charge in [-0.25, -0.2) is 4.39 Å². The summed E-state index contributed by atoms with van der Waals surface area (Å²) in [5, 5.41) is 5.92. The predicted molar refractivity (Wildman–Crippen MR) is 72.3 cm³/mol. The van der Waals surface area contributed by atoms with E-state index in [4.69, 9.17) is 0 Å². The van der Waals surface area contributed by atoms with E-state index in [0.29, 0.717) is 13.1 Å². The highest BCUT2D eigenvalue weighted by molar-refractivity contribution is 5.81. The third-order valence-corrected chi connectivity index (χ3v) is 3.58. The Morgan fingerprint density at radius 2 is 2.37 bits per heavy atom. The summed E-state index contributed by atoms with van der Waals surface area (Å²) in [7, 11) is 1.65. The molecule has 1 saturated heterocycles. The van der Waals surface area contributed by atoms with Crippen LogP contribution in [0.3, 0.4) is 0 Å². The van der Waals surface area contributed by atoms with Gasteiger partial charge in [0.1, 0.15) is 11.9 Å². The minimum Gasteiger partial charge on any atom is -0.358 e. The van der Waals surface area contributed by atoms with Crippen LogP contribution in [0.15, 0.2) is 18.2 Å². The molecule has 0 bridgehead atoms. The van der Waals surface area contributed by atoms with Gasteiger partial charge >= 0.3 is 0 Å². The number of amides is 1. The Kier molecular flexibility index (Phi) is 4.50. The molecule has 1 aromatic rings. The molecule has 1 heterocycles. The Morgan fingerprint density at radius 3 is 3.05 bits per heavy atom. The molecule has 1 aliphatic heterocycles. The topological polar surface area (TPSA) is 44.4 Å². The van der Waals surface area contributed by atoms with Crippen molar-refractivity contribution in [1.82, 2.24) is 15.5 Å². The molecule has 0 spiro atoms. The van der Waals surface area contributed by atoms with Crippen LogP contribution in [0.1, 0.15) is 11.1 Å². The van der Waals surface area contributed by atoms with Gasteiger partial charge in [0.2, 0.25) is 5.91 Å². The SMILES string of the molecule is CNC(=O)C1CNCCN1Cc1ccc(F)cc1C. The molecule has 1 aromatic carbocycles. The number of benzene rings is 1. The molecule has 4 nitrogen and oxygen atoms in total. The largest absolute Gasteiger partial charge is 0.358 e. The maximum Gasteiger partial charge on any atom is 0.238 e. The maximum atomic E-state index is 13.1. The summed E-state index contributed by atoms with van der Waals surface area (Å²) in [5.41, 5.74) is 1.99. The van der Waals surface area contributed by atoms with Crippen molar-refractivity contribution in [1.29, 1.82) is 0 Å². The zero-order valence-electron chi connectivity index (χ0n) is 11.4. The van der Waals surface area contributed by atoms with Gasteiger partial charge in [-0.1, -0.05) is 6.07 Å². The summed E-state index contributed by atoms with van der Waals surface area (Å²) in [5.74, 6) is -0.198. The fraction of sp³-hybridized carbons (Fsp3) is 0.500. The van der Waals surface area contributed by atoms with E-state index in [0.717, 1.165) is 24.2 Å². The molecule has 1 fully saturated rings. The average Bonchev–Trinajstić information content (AvgIpc) is 2.41. The third-order valence-electron chi connectivity index (χ3n) is 3.58. The first-order valence-electron chi connectivity index (χ1n) is 6.53. The van der Waals surface area contributed by atoms with Crippen LogP contribution in [0.4, 0.5) is 4.39 Å². The fourth-order valence-electron chi connectivity index (χ4n) is 2.42. The number of carbonyl (C=O) groups excluding carboxylic acids is 1. The number of nitrogens with zero attached hydrogens (tertiary/aromatic N) is 1. The van der Waals surface area contributed by atoms with Crippen molar-refractivity contribution < 1.29 is 9.18 Å².